The van der Waals surface area contributed by atoms with Crippen molar-refractivity contribution in [1.29, 1.82) is 0 Å². The third-order valence-electron chi connectivity index (χ3n) is 2.95. The van der Waals surface area contributed by atoms with Crippen LogP contribution in [0.5, 0.6) is 0 Å². The van der Waals surface area contributed by atoms with Gasteiger partial charge in [0.1, 0.15) is 0 Å². The van der Waals surface area contributed by atoms with Crippen LogP contribution >= 0.6 is 23.2 Å². The number of halogens is 2. The number of nitrogens with one attached hydrogen (secondary N) is 1. The van der Waals surface area contributed by atoms with Gasteiger partial charge in [0, 0.05) is 22.2 Å². The molecule has 0 radical (unpaired) electrons. The van der Waals surface area contributed by atoms with Gasteiger partial charge in [-0.3, -0.25) is 4.79 Å². The maximum absolute atomic E-state index is 12.0. The van der Waals surface area contributed by atoms with Crippen LogP contribution in [0.2, 0.25) is 10.0 Å². The summed E-state index contributed by atoms with van der Waals surface area (Å²) in [4.78, 5) is 23.4. The van der Waals surface area contributed by atoms with Crippen LogP contribution in [-0.2, 0) is 11.3 Å². The Balaban J connectivity index is 2.00. The van der Waals surface area contributed by atoms with Gasteiger partial charge in [-0.1, -0.05) is 35.3 Å². The molecule has 0 saturated heterocycles. The zero-order valence-corrected chi connectivity index (χ0v) is 13.2. The molecule has 0 unspecified atom stereocenters. The normalized spacial score (nSPS) is 10.1. The molecular formula is C16H13Cl2NO3. The monoisotopic (exact) mass is 337 g/mol. The first-order valence-electron chi connectivity index (χ1n) is 6.41. The van der Waals surface area contributed by atoms with Crippen molar-refractivity contribution >= 4 is 35.1 Å². The van der Waals surface area contributed by atoms with Crippen molar-refractivity contribution in [3.63, 3.8) is 0 Å². The van der Waals surface area contributed by atoms with E-state index in [1.807, 2.05) is 0 Å². The molecule has 0 aliphatic heterocycles. The molecule has 1 amide bonds. The Hall–Kier alpha value is -2.04. The van der Waals surface area contributed by atoms with E-state index in [0.29, 0.717) is 27.7 Å². The summed E-state index contributed by atoms with van der Waals surface area (Å²) in [5, 5.41) is 3.57. The average molecular weight is 338 g/mol. The first-order valence-corrected chi connectivity index (χ1v) is 7.17. The summed E-state index contributed by atoms with van der Waals surface area (Å²) < 4.78 is 4.62. The number of rotatable bonds is 4. The van der Waals surface area contributed by atoms with Crippen molar-refractivity contribution in [1.82, 2.24) is 5.32 Å². The molecule has 6 heteroatoms. The molecule has 1 N–H and O–H groups in total. The topological polar surface area (TPSA) is 55.4 Å². The lowest BCUT2D eigenvalue weighted by Gasteiger charge is -2.07. The van der Waals surface area contributed by atoms with Crippen molar-refractivity contribution in [3.05, 3.63) is 69.2 Å². The molecule has 4 nitrogen and oxygen atoms in total. The highest BCUT2D eigenvalue weighted by atomic mass is 35.5. The van der Waals surface area contributed by atoms with Crippen molar-refractivity contribution in [2.75, 3.05) is 7.11 Å². The molecule has 2 aromatic carbocycles. The lowest BCUT2D eigenvalue weighted by Crippen LogP contribution is -2.22. The Bertz CT molecular complexity index is 679. The fourth-order valence-corrected chi connectivity index (χ4v) is 2.37. The highest BCUT2D eigenvalue weighted by molar-refractivity contribution is 6.35. The van der Waals surface area contributed by atoms with E-state index in [0.717, 1.165) is 5.56 Å². The van der Waals surface area contributed by atoms with E-state index >= 15 is 0 Å². The van der Waals surface area contributed by atoms with Gasteiger partial charge in [0.2, 0.25) is 0 Å². The minimum Gasteiger partial charge on any atom is -0.465 e. The zero-order chi connectivity index (χ0) is 16.1. The molecule has 0 bridgehead atoms. The van der Waals surface area contributed by atoms with E-state index in [1.54, 1.807) is 42.5 Å². The van der Waals surface area contributed by atoms with E-state index in [1.165, 1.54) is 7.11 Å². The maximum atomic E-state index is 12.0. The molecule has 0 aliphatic rings. The molecular weight excluding hydrogens is 325 g/mol. The van der Waals surface area contributed by atoms with Gasteiger partial charge in [0.15, 0.2) is 0 Å². The first-order chi connectivity index (χ1) is 10.5. The van der Waals surface area contributed by atoms with Crippen LogP contribution < -0.4 is 5.32 Å². The van der Waals surface area contributed by atoms with Gasteiger partial charge in [-0.15, -0.1) is 0 Å². The van der Waals surface area contributed by atoms with Crippen molar-refractivity contribution in [2.45, 2.75) is 6.54 Å². The Kier molecular flexibility index (Phi) is 5.41. The number of benzene rings is 2. The number of methoxy groups -OCH3 is 1. The molecule has 2 rings (SSSR count). The van der Waals surface area contributed by atoms with Gasteiger partial charge in [-0.25, -0.2) is 4.79 Å². The first kappa shape index (κ1) is 16.3. The summed E-state index contributed by atoms with van der Waals surface area (Å²) in [6.45, 7) is 0.324. The van der Waals surface area contributed by atoms with E-state index in [2.05, 4.69) is 10.1 Å². The van der Waals surface area contributed by atoms with E-state index in [-0.39, 0.29) is 5.91 Å². The standard InChI is InChI=1S/C16H13Cl2NO3/c1-22-16(21)11-4-2-10(3-5-11)9-19-15(20)12-6-13(17)8-14(18)7-12/h2-8H,9H2,1H3,(H,19,20). The Morgan fingerprint density at radius 3 is 2.14 bits per heavy atom. The van der Waals surface area contributed by atoms with Gasteiger partial charge in [-0.05, 0) is 35.9 Å². The van der Waals surface area contributed by atoms with Gasteiger partial charge in [0.05, 0.1) is 12.7 Å². The van der Waals surface area contributed by atoms with Crippen LogP contribution in [0.25, 0.3) is 0 Å². The maximum Gasteiger partial charge on any atom is 0.337 e. The number of carbonyl (C=O) groups excluding carboxylic acids is 2. The van der Waals surface area contributed by atoms with Crippen molar-refractivity contribution in [2.24, 2.45) is 0 Å². The van der Waals surface area contributed by atoms with Gasteiger partial charge in [-0.2, -0.15) is 0 Å². The lowest BCUT2D eigenvalue weighted by molar-refractivity contribution is 0.0600. The second-order valence-electron chi connectivity index (χ2n) is 4.53. The smallest absolute Gasteiger partial charge is 0.337 e. The highest BCUT2D eigenvalue weighted by Gasteiger charge is 2.08. The minimum absolute atomic E-state index is 0.276. The van der Waals surface area contributed by atoms with Crippen LogP contribution in [0.4, 0.5) is 0 Å². The summed E-state index contributed by atoms with van der Waals surface area (Å²) in [6.07, 6.45) is 0. The third kappa shape index (κ3) is 4.23. The predicted molar refractivity (Wildman–Crippen MR) is 85.4 cm³/mol. The average Bonchev–Trinajstić information content (AvgIpc) is 2.51. The Morgan fingerprint density at radius 2 is 1.59 bits per heavy atom. The fourth-order valence-electron chi connectivity index (χ4n) is 1.85. The third-order valence-corrected chi connectivity index (χ3v) is 3.39. The van der Waals surface area contributed by atoms with Gasteiger partial charge >= 0.3 is 5.97 Å². The van der Waals surface area contributed by atoms with Gasteiger partial charge in [0.25, 0.3) is 5.91 Å². The second-order valence-corrected chi connectivity index (χ2v) is 5.40. The van der Waals surface area contributed by atoms with E-state index in [9.17, 15) is 9.59 Å². The summed E-state index contributed by atoms with van der Waals surface area (Å²) in [7, 11) is 1.33. The lowest BCUT2D eigenvalue weighted by atomic mass is 10.1. The molecule has 0 aliphatic carbocycles. The minimum atomic E-state index is -0.399. The highest BCUT2D eigenvalue weighted by Crippen LogP contribution is 2.19. The molecule has 114 valence electrons. The summed E-state index contributed by atoms with van der Waals surface area (Å²) in [5.74, 6) is -0.675. The van der Waals surface area contributed by atoms with Crippen molar-refractivity contribution < 1.29 is 14.3 Å². The number of esters is 1. The largest absolute Gasteiger partial charge is 0.465 e. The molecule has 0 spiro atoms. The van der Waals surface area contributed by atoms with Crippen LogP contribution in [0.1, 0.15) is 26.3 Å². The van der Waals surface area contributed by atoms with Crippen LogP contribution in [0, 0.1) is 0 Å². The fraction of sp³-hybridized carbons (Fsp3) is 0.125. The molecule has 0 saturated carbocycles. The quantitative estimate of drug-likeness (QED) is 0.865. The van der Waals surface area contributed by atoms with E-state index in [4.69, 9.17) is 23.2 Å². The molecule has 2 aromatic rings. The number of hydrogen-bond acceptors (Lipinski definition) is 3. The summed E-state index contributed by atoms with van der Waals surface area (Å²) in [5.41, 5.74) is 1.71. The number of amides is 1. The molecule has 0 heterocycles. The number of ether oxygens (including phenoxy) is 1. The van der Waals surface area contributed by atoms with Crippen LogP contribution in [-0.4, -0.2) is 19.0 Å². The number of carbonyl (C=O) groups is 2. The molecule has 0 aromatic heterocycles. The summed E-state index contributed by atoms with van der Waals surface area (Å²) in [6, 6.07) is 11.4. The second kappa shape index (κ2) is 7.29. The Morgan fingerprint density at radius 1 is 1.00 bits per heavy atom. The molecule has 22 heavy (non-hydrogen) atoms. The SMILES string of the molecule is COC(=O)c1ccc(CNC(=O)c2cc(Cl)cc(Cl)c2)cc1. The molecule has 0 fully saturated rings. The van der Waals surface area contributed by atoms with E-state index < -0.39 is 5.97 Å². The van der Waals surface area contributed by atoms with Crippen LogP contribution in [0.15, 0.2) is 42.5 Å². The zero-order valence-electron chi connectivity index (χ0n) is 11.7. The Labute approximate surface area is 138 Å². The van der Waals surface area contributed by atoms with Gasteiger partial charge < -0.3 is 10.1 Å². The number of hydrogen-bond donors (Lipinski definition) is 1. The van der Waals surface area contributed by atoms with Crippen molar-refractivity contribution in [3.8, 4) is 0 Å². The molecule has 0 atom stereocenters. The van der Waals surface area contributed by atoms with Crippen LogP contribution in [0.3, 0.4) is 0 Å². The predicted octanol–water partition coefficient (Wildman–Crippen LogP) is 3.71. The summed E-state index contributed by atoms with van der Waals surface area (Å²) >= 11 is 11.7.